The molecule has 0 spiro atoms. The van der Waals surface area contributed by atoms with Gasteiger partial charge in [-0.2, -0.15) is 0 Å². The molecule has 0 saturated carbocycles. The Morgan fingerprint density at radius 2 is 1.75 bits per heavy atom. The lowest BCUT2D eigenvalue weighted by Gasteiger charge is -2.16. The van der Waals surface area contributed by atoms with Crippen molar-refractivity contribution in [2.75, 3.05) is 7.11 Å². The second-order valence-electron chi connectivity index (χ2n) is 7.39. The molecule has 0 aromatic heterocycles. The Morgan fingerprint density at radius 3 is 2.39 bits per heavy atom. The van der Waals surface area contributed by atoms with E-state index in [1.807, 2.05) is 0 Å². The first-order valence-corrected chi connectivity index (χ1v) is 10.5. The zero-order valence-electron chi connectivity index (χ0n) is 17.7. The third kappa shape index (κ3) is 10.3. The molecular formula is C23H36O5. The first-order chi connectivity index (χ1) is 13.5. The van der Waals surface area contributed by atoms with Crippen LogP contribution in [0.25, 0.3) is 0 Å². The molecule has 0 heterocycles. The van der Waals surface area contributed by atoms with Gasteiger partial charge in [0, 0.05) is 19.8 Å². The minimum atomic E-state index is -0.330. The molecule has 158 valence electrons. The van der Waals surface area contributed by atoms with Crippen molar-refractivity contribution in [1.29, 1.82) is 0 Å². The van der Waals surface area contributed by atoms with Crippen molar-refractivity contribution in [3.05, 3.63) is 23.8 Å². The molecule has 1 unspecified atom stereocenters. The summed E-state index contributed by atoms with van der Waals surface area (Å²) < 4.78 is 10.5. The largest absolute Gasteiger partial charge is 0.504 e. The fourth-order valence-electron chi connectivity index (χ4n) is 3.28. The third-order valence-corrected chi connectivity index (χ3v) is 4.85. The van der Waals surface area contributed by atoms with E-state index in [1.54, 1.807) is 18.2 Å². The first-order valence-electron chi connectivity index (χ1n) is 10.5. The van der Waals surface area contributed by atoms with Crippen LogP contribution in [0.15, 0.2) is 18.2 Å². The van der Waals surface area contributed by atoms with Crippen molar-refractivity contribution in [2.24, 2.45) is 0 Å². The quantitative estimate of drug-likeness (QED) is 0.321. The number of Topliss-reactive ketones (excluding diaryl/α,β-unsaturated/α-hetero) is 1. The molecule has 0 aliphatic carbocycles. The van der Waals surface area contributed by atoms with Crippen LogP contribution in [0.2, 0.25) is 0 Å². The number of hydrogen-bond donors (Lipinski definition) is 1. The number of phenols is 1. The van der Waals surface area contributed by atoms with Crippen molar-refractivity contribution in [3.63, 3.8) is 0 Å². The molecule has 0 aliphatic heterocycles. The Morgan fingerprint density at radius 1 is 1.07 bits per heavy atom. The average molecular weight is 393 g/mol. The van der Waals surface area contributed by atoms with Crippen LogP contribution >= 0.6 is 0 Å². The average Bonchev–Trinajstić information content (AvgIpc) is 2.66. The van der Waals surface area contributed by atoms with E-state index in [0.29, 0.717) is 18.6 Å². The number of hydrogen-bond acceptors (Lipinski definition) is 5. The van der Waals surface area contributed by atoms with Gasteiger partial charge in [-0.1, -0.05) is 51.5 Å². The summed E-state index contributed by atoms with van der Waals surface area (Å²) in [5.41, 5.74) is 0.930. The SMILES string of the molecule is CCCCCCCCCC(CC(=O)CCc1ccc(O)c(OC)c1)OC(C)=O. The number of carbonyl (C=O) groups is 2. The van der Waals surface area contributed by atoms with Gasteiger partial charge in [-0.3, -0.25) is 9.59 Å². The fourth-order valence-corrected chi connectivity index (χ4v) is 3.28. The summed E-state index contributed by atoms with van der Waals surface area (Å²) in [5.74, 6) is 0.245. The van der Waals surface area contributed by atoms with Gasteiger partial charge in [0.05, 0.1) is 7.11 Å². The van der Waals surface area contributed by atoms with E-state index in [1.165, 1.54) is 46.1 Å². The normalized spacial score (nSPS) is 11.8. The van der Waals surface area contributed by atoms with Crippen LogP contribution in [0.4, 0.5) is 0 Å². The van der Waals surface area contributed by atoms with E-state index >= 15 is 0 Å². The summed E-state index contributed by atoms with van der Waals surface area (Å²) in [4.78, 5) is 23.7. The van der Waals surface area contributed by atoms with E-state index < -0.39 is 0 Å². The van der Waals surface area contributed by atoms with Crippen LogP contribution in [-0.2, 0) is 20.7 Å². The van der Waals surface area contributed by atoms with E-state index in [4.69, 9.17) is 9.47 Å². The highest BCUT2D eigenvalue weighted by atomic mass is 16.5. The highest BCUT2D eigenvalue weighted by Gasteiger charge is 2.17. The van der Waals surface area contributed by atoms with E-state index in [0.717, 1.165) is 24.8 Å². The number of aromatic hydroxyl groups is 1. The summed E-state index contributed by atoms with van der Waals surface area (Å²) >= 11 is 0. The molecular weight excluding hydrogens is 356 g/mol. The van der Waals surface area contributed by atoms with Gasteiger partial charge in [0.25, 0.3) is 0 Å². The topological polar surface area (TPSA) is 72.8 Å². The van der Waals surface area contributed by atoms with Gasteiger partial charge in [-0.15, -0.1) is 0 Å². The van der Waals surface area contributed by atoms with Gasteiger partial charge in [-0.05, 0) is 37.0 Å². The number of methoxy groups -OCH3 is 1. The lowest BCUT2D eigenvalue weighted by molar-refractivity contribution is -0.148. The lowest BCUT2D eigenvalue weighted by atomic mass is 10.00. The maximum atomic E-state index is 12.4. The van der Waals surface area contributed by atoms with Gasteiger partial charge in [0.2, 0.25) is 0 Å². The second-order valence-corrected chi connectivity index (χ2v) is 7.39. The summed E-state index contributed by atoms with van der Waals surface area (Å²) in [6.45, 7) is 3.60. The van der Waals surface area contributed by atoms with Crippen LogP contribution in [0.5, 0.6) is 11.5 Å². The number of phenolic OH excluding ortho intramolecular Hbond substituents is 1. The highest BCUT2D eigenvalue weighted by Crippen LogP contribution is 2.27. The van der Waals surface area contributed by atoms with Crippen molar-refractivity contribution in [3.8, 4) is 11.5 Å². The molecule has 5 heteroatoms. The smallest absolute Gasteiger partial charge is 0.302 e. The monoisotopic (exact) mass is 392 g/mol. The van der Waals surface area contributed by atoms with E-state index in [-0.39, 0.29) is 30.0 Å². The van der Waals surface area contributed by atoms with Crippen LogP contribution in [0, 0.1) is 0 Å². The molecule has 0 saturated heterocycles. The van der Waals surface area contributed by atoms with Crippen LogP contribution in [0.1, 0.15) is 83.6 Å². The Labute approximate surface area is 169 Å². The molecule has 1 N–H and O–H groups in total. The van der Waals surface area contributed by atoms with Crippen LogP contribution < -0.4 is 4.74 Å². The Bertz CT molecular complexity index is 597. The van der Waals surface area contributed by atoms with Gasteiger partial charge in [0.15, 0.2) is 11.5 Å². The minimum Gasteiger partial charge on any atom is -0.504 e. The zero-order valence-corrected chi connectivity index (χ0v) is 17.7. The number of benzene rings is 1. The maximum absolute atomic E-state index is 12.4. The maximum Gasteiger partial charge on any atom is 0.302 e. The fraction of sp³-hybridized carbons (Fsp3) is 0.652. The first kappa shape index (κ1) is 24.0. The Hall–Kier alpha value is -2.04. The number of aryl methyl sites for hydroxylation is 1. The summed E-state index contributed by atoms with van der Waals surface area (Å²) in [7, 11) is 1.50. The van der Waals surface area contributed by atoms with Gasteiger partial charge >= 0.3 is 5.97 Å². The number of esters is 1. The summed E-state index contributed by atoms with van der Waals surface area (Å²) in [6.07, 6.45) is 9.99. The Balaban J connectivity index is 2.39. The van der Waals surface area contributed by atoms with E-state index in [9.17, 15) is 14.7 Å². The molecule has 28 heavy (non-hydrogen) atoms. The molecule has 5 nitrogen and oxygen atoms in total. The van der Waals surface area contributed by atoms with Crippen molar-refractivity contribution >= 4 is 11.8 Å². The number of rotatable bonds is 15. The summed E-state index contributed by atoms with van der Waals surface area (Å²) in [6, 6.07) is 5.10. The molecule has 1 aromatic rings. The standard InChI is InChI=1S/C23H36O5/c1-4-5-6-7-8-9-10-11-21(28-18(2)24)17-20(25)14-12-19-13-15-22(26)23(16-19)27-3/h13,15-16,21,26H,4-12,14,17H2,1-3H3. The molecule has 1 rings (SSSR count). The Kier molecular flexibility index (Phi) is 12.0. The number of ether oxygens (including phenoxy) is 2. The van der Waals surface area contributed by atoms with Gasteiger partial charge < -0.3 is 14.6 Å². The molecule has 0 amide bonds. The molecule has 0 radical (unpaired) electrons. The van der Waals surface area contributed by atoms with Crippen molar-refractivity contribution in [1.82, 2.24) is 0 Å². The molecule has 1 aromatic carbocycles. The van der Waals surface area contributed by atoms with Gasteiger partial charge in [-0.25, -0.2) is 0 Å². The third-order valence-electron chi connectivity index (χ3n) is 4.85. The van der Waals surface area contributed by atoms with Crippen molar-refractivity contribution in [2.45, 2.75) is 90.6 Å². The predicted octanol–water partition coefficient (Wildman–Crippen LogP) is 5.37. The number of unbranched alkanes of at least 4 members (excludes halogenated alkanes) is 6. The minimum absolute atomic E-state index is 0.0845. The zero-order chi connectivity index (χ0) is 20.8. The molecule has 0 aliphatic rings. The predicted molar refractivity (Wildman–Crippen MR) is 111 cm³/mol. The van der Waals surface area contributed by atoms with Crippen LogP contribution in [-0.4, -0.2) is 30.1 Å². The van der Waals surface area contributed by atoms with Crippen LogP contribution in [0.3, 0.4) is 0 Å². The highest BCUT2D eigenvalue weighted by molar-refractivity contribution is 5.79. The van der Waals surface area contributed by atoms with Gasteiger partial charge in [0.1, 0.15) is 11.9 Å². The lowest BCUT2D eigenvalue weighted by Crippen LogP contribution is -2.20. The number of carbonyl (C=O) groups excluding carboxylic acids is 2. The molecule has 0 fully saturated rings. The second kappa shape index (κ2) is 14.0. The number of ketones is 1. The molecule has 0 bridgehead atoms. The van der Waals surface area contributed by atoms with E-state index in [2.05, 4.69) is 6.92 Å². The molecule has 1 atom stereocenters. The summed E-state index contributed by atoms with van der Waals surface area (Å²) in [5, 5.41) is 9.64. The van der Waals surface area contributed by atoms with Crippen molar-refractivity contribution < 1.29 is 24.2 Å².